The lowest BCUT2D eigenvalue weighted by atomic mass is 10.2. The molecule has 29 heavy (non-hydrogen) atoms. The fraction of sp³-hybridized carbons (Fsp3) is 0.286. The Morgan fingerprint density at radius 1 is 1.14 bits per heavy atom. The second kappa shape index (κ2) is 8.59. The number of hydrogen-bond donors (Lipinski definition) is 2. The van der Waals surface area contributed by atoms with E-state index in [0.29, 0.717) is 24.5 Å². The quantitative estimate of drug-likeness (QED) is 0.676. The van der Waals surface area contributed by atoms with E-state index in [1.54, 1.807) is 42.5 Å². The number of anilines is 2. The number of thiazole rings is 1. The highest BCUT2D eigenvalue weighted by atomic mass is 32.1. The number of carbonyl (C=O) groups excluding carboxylic acids is 2. The van der Waals surface area contributed by atoms with Crippen LogP contribution in [-0.2, 0) is 9.53 Å². The van der Waals surface area contributed by atoms with E-state index in [1.807, 2.05) is 24.3 Å². The Balaban J connectivity index is 1.41. The van der Waals surface area contributed by atoms with Crippen LogP contribution in [0.3, 0.4) is 0 Å². The lowest BCUT2D eigenvalue weighted by Crippen LogP contribution is -2.41. The molecule has 0 saturated carbocycles. The minimum atomic E-state index is -0.663. The molecule has 3 aromatic rings. The van der Waals surface area contributed by atoms with Crippen LogP contribution < -0.4 is 15.5 Å². The maximum atomic E-state index is 12.5. The summed E-state index contributed by atoms with van der Waals surface area (Å²) in [7, 11) is 0. The Bertz CT molecular complexity index is 1020. The van der Waals surface area contributed by atoms with E-state index < -0.39 is 6.04 Å². The summed E-state index contributed by atoms with van der Waals surface area (Å²) >= 11 is 1.60. The van der Waals surface area contributed by atoms with E-state index in [9.17, 15) is 9.59 Å². The zero-order chi connectivity index (χ0) is 20.2. The number of nitrogens with one attached hydrogen (secondary N) is 2. The van der Waals surface area contributed by atoms with Crippen molar-refractivity contribution in [2.75, 3.05) is 36.5 Å². The van der Waals surface area contributed by atoms with Gasteiger partial charge >= 0.3 is 0 Å². The Morgan fingerprint density at radius 2 is 1.90 bits per heavy atom. The molecule has 2 N–H and O–H groups in total. The van der Waals surface area contributed by atoms with Crippen molar-refractivity contribution in [2.24, 2.45) is 0 Å². The summed E-state index contributed by atoms with van der Waals surface area (Å²) < 4.78 is 6.40. The molecule has 150 valence electrons. The summed E-state index contributed by atoms with van der Waals surface area (Å²) in [4.78, 5) is 31.6. The Kier molecular flexibility index (Phi) is 5.73. The van der Waals surface area contributed by atoms with E-state index in [1.165, 1.54) is 0 Å². The highest BCUT2D eigenvalue weighted by molar-refractivity contribution is 7.22. The highest BCUT2D eigenvalue weighted by Gasteiger charge is 2.18. The molecule has 4 rings (SSSR count). The van der Waals surface area contributed by atoms with Crippen LogP contribution in [0.15, 0.2) is 48.5 Å². The zero-order valence-electron chi connectivity index (χ0n) is 16.1. The fourth-order valence-electron chi connectivity index (χ4n) is 3.07. The molecular weight excluding hydrogens is 388 g/mol. The molecular formula is C21H22N4O3S. The molecule has 1 fully saturated rings. The average Bonchev–Trinajstić information content (AvgIpc) is 3.18. The first-order valence-corrected chi connectivity index (χ1v) is 10.3. The predicted molar refractivity (Wildman–Crippen MR) is 115 cm³/mol. The van der Waals surface area contributed by atoms with Gasteiger partial charge in [-0.2, -0.15) is 0 Å². The lowest BCUT2D eigenvalue weighted by Gasteiger charge is -2.25. The van der Waals surface area contributed by atoms with Crippen LogP contribution >= 0.6 is 11.3 Å². The van der Waals surface area contributed by atoms with Crippen LogP contribution in [0.1, 0.15) is 17.3 Å². The smallest absolute Gasteiger partial charge is 0.251 e. The van der Waals surface area contributed by atoms with E-state index in [0.717, 1.165) is 28.4 Å². The van der Waals surface area contributed by atoms with Crippen LogP contribution in [0.2, 0.25) is 0 Å². The van der Waals surface area contributed by atoms with Crippen LogP contribution in [0.4, 0.5) is 10.8 Å². The van der Waals surface area contributed by atoms with Crippen molar-refractivity contribution in [3.8, 4) is 0 Å². The number of hydrogen-bond acceptors (Lipinski definition) is 6. The third-order valence-corrected chi connectivity index (χ3v) is 5.78. The van der Waals surface area contributed by atoms with Gasteiger partial charge in [0.25, 0.3) is 5.91 Å². The summed E-state index contributed by atoms with van der Waals surface area (Å²) in [6.45, 7) is 4.76. The van der Waals surface area contributed by atoms with E-state index >= 15 is 0 Å². The van der Waals surface area contributed by atoms with Crippen molar-refractivity contribution in [3.63, 3.8) is 0 Å². The van der Waals surface area contributed by atoms with Crippen LogP contribution in [0.25, 0.3) is 10.2 Å². The third kappa shape index (κ3) is 4.55. The van der Waals surface area contributed by atoms with Gasteiger partial charge in [-0.3, -0.25) is 9.59 Å². The largest absolute Gasteiger partial charge is 0.378 e. The van der Waals surface area contributed by atoms with Crippen molar-refractivity contribution in [3.05, 3.63) is 54.1 Å². The summed E-state index contributed by atoms with van der Waals surface area (Å²) in [5, 5.41) is 6.56. The fourth-order valence-corrected chi connectivity index (χ4v) is 4.12. The molecule has 1 atom stereocenters. The molecule has 1 unspecified atom stereocenters. The van der Waals surface area contributed by atoms with Crippen molar-refractivity contribution >= 4 is 44.2 Å². The van der Waals surface area contributed by atoms with Crippen molar-refractivity contribution in [2.45, 2.75) is 13.0 Å². The molecule has 7 nitrogen and oxygen atoms in total. The summed E-state index contributed by atoms with van der Waals surface area (Å²) in [6.07, 6.45) is 0. The van der Waals surface area contributed by atoms with Gasteiger partial charge in [-0.25, -0.2) is 4.98 Å². The lowest BCUT2D eigenvalue weighted by molar-refractivity contribution is -0.117. The van der Waals surface area contributed by atoms with Crippen molar-refractivity contribution in [1.29, 1.82) is 0 Å². The monoisotopic (exact) mass is 410 g/mol. The number of amides is 2. The molecule has 0 bridgehead atoms. The number of carbonyl (C=O) groups is 2. The molecule has 2 aromatic carbocycles. The first-order valence-electron chi connectivity index (χ1n) is 9.50. The predicted octanol–water partition coefficient (Wildman–Crippen LogP) is 2.89. The van der Waals surface area contributed by atoms with E-state index in [4.69, 9.17) is 4.74 Å². The Hall–Kier alpha value is -2.97. The molecule has 1 aliphatic heterocycles. The van der Waals surface area contributed by atoms with Gasteiger partial charge < -0.3 is 20.3 Å². The van der Waals surface area contributed by atoms with Gasteiger partial charge in [0.05, 0.1) is 23.4 Å². The standard InChI is InChI=1S/C21H22N4O3S/c1-14(22-20(27)15-5-3-2-4-6-15)19(26)23-16-7-8-17-18(13-16)29-21(24-17)25-9-11-28-12-10-25/h2-8,13-14H,9-12H2,1H3,(H,22,27)(H,23,26). The number of aromatic nitrogens is 1. The first-order chi connectivity index (χ1) is 14.1. The maximum Gasteiger partial charge on any atom is 0.251 e. The number of fused-ring (bicyclic) bond motifs is 1. The topological polar surface area (TPSA) is 83.6 Å². The summed E-state index contributed by atoms with van der Waals surface area (Å²) in [5.41, 5.74) is 2.11. The molecule has 0 radical (unpaired) electrons. The van der Waals surface area contributed by atoms with Crippen LogP contribution in [-0.4, -0.2) is 49.1 Å². The Labute approximate surface area is 172 Å². The minimum absolute atomic E-state index is 0.272. The number of morpholine rings is 1. The molecule has 2 heterocycles. The number of rotatable bonds is 5. The minimum Gasteiger partial charge on any atom is -0.378 e. The van der Waals surface area contributed by atoms with Gasteiger partial charge in [0.1, 0.15) is 6.04 Å². The van der Waals surface area contributed by atoms with Gasteiger partial charge in [-0.15, -0.1) is 0 Å². The van der Waals surface area contributed by atoms with Crippen molar-refractivity contribution < 1.29 is 14.3 Å². The molecule has 0 aliphatic carbocycles. The second-order valence-electron chi connectivity index (χ2n) is 6.83. The van der Waals surface area contributed by atoms with Gasteiger partial charge in [0, 0.05) is 24.3 Å². The number of nitrogens with zero attached hydrogens (tertiary/aromatic N) is 2. The van der Waals surface area contributed by atoms with Gasteiger partial charge in [-0.05, 0) is 37.3 Å². The first kappa shape index (κ1) is 19.4. The second-order valence-corrected chi connectivity index (χ2v) is 7.84. The molecule has 2 amide bonds. The average molecular weight is 410 g/mol. The maximum absolute atomic E-state index is 12.5. The third-order valence-electron chi connectivity index (χ3n) is 4.70. The van der Waals surface area contributed by atoms with Gasteiger partial charge in [0.2, 0.25) is 5.91 Å². The molecule has 8 heteroatoms. The molecule has 1 aromatic heterocycles. The summed E-state index contributed by atoms with van der Waals surface area (Å²) in [6, 6.07) is 13.8. The van der Waals surface area contributed by atoms with Crippen LogP contribution in [0.5, 0.6) is 0 Å². The van der Waals surface area contributed by atoms with E-state index in [-0.39, 0.29) is 11.8 Å². The number of ether oxygens (including phenoxy) is 1. The van der Waals surface area contributed by atoms with E-state index in [2.05, 4.69) is 20.5 Å². The SMILES string of the molecule is CC(NC(=O)c1ccccc1)C(=O)Nc1ccc2nc(N3CCOCC3)sc2c1. The van der Waals surface area contributed by atoms with Crippen molar-refractivity contribution in [1.82, 2.24) is 10.3 Å². The highest BCUT2D eigenvalue weighted by Crippen LogP contribution is 2.31. The molecule has 1 saturated heterocycles. The molecule has 1 aliphatic rings. The summed E-state index contributed by atoms with van der Waals surface area (Å²) in [5.74, 6) is -0.548. The number of benzene rings is 2. The zero-order valence-corrected chi connectivity index (χ0v) is 16.9. The van der Waals surface area contributed by atoms with Crippen LogP contribution in [0, 0.1) is 0 Å². The van der Waals surface area contributed by atoms with Gasteiger partial charge in [-0.1, -0.05) is 29.5 Å². The normalized spacial score (nSPS) is 15.1. The van der Waals surface area contributed by atoms with Gasteiger partial charge in [0.15, 0.2) is 5.13 Å². The molecule has 0 spiro atoms. The Morgan fingerprint density at radius 3 is 2.66 bits per heavy atom.